The molecule has 4 saturated carbocycles. The predicted octanol–water partition coefficient (Wildman–Crippen LogP) is 4.82. The van der Waals surface area contributed by atoms with Gasteiger partial charge in [-0.05, 0) is 97.7 Å². The summed E-state index contributed by atoms with van der Waals surface area (Å²) in [6.07, 6.45) is 6.56. The van der Waals surface area contributed by atoms with Crippen molar-refractivity contribution in [2.45, 2.75) is 44.7 Å². The maximum atomic E-state index is 13.2. The lowest BCUT2D eigenvalue weighted by atomic mass is 9.54. The van der Waals surface area contributed by atoms with E-state index in [1.807, 2.05) is 24.3 Å². The molecular weight excluding hydrogens is 417 g/mol. The number of hydrogen-bond acceptors (Lipinski definition) is 2. The average molecular weight is 448 g/mol. The van der Waals surface area contributed by atoms with Crippen LogP contribution in [-0.2, 0) is 6.54 Å². The molecular formula is C27H30FN3O2. The molecule has 1 N–H and O–H groups in total. The van der Waals surface area contributed by atoms with Gasteiger partial charge in [0.15, 0.2) is 0 Å². The van der Waals surface area contributed by atoms with E-state index in [1.54, 1.807) is 21.9 Å². The first kappa shape index (κ1) is 20.7. The number of amides is 3. The molecule has 0 radical (unpaired) electrons. The van der Waals surface area contributed by atoms with Crippen molar-refractivity contribution in [1.82, 2.24) is 10.2 Å². The molecule has 6 heteroatoms. The zero-order chi connectivity index (χ0) is 22.5. The van der Waals surface area contributed by atoms with Crippen molar-refractivity contribution in [2.75, 3.05) is 18.0 Å². The molecule has 0 atom stereocenters. The summed E-state index contributed by atoms with van der Waals surface area (Å²) in [5.74, 6) is 2.83. The molecule has 4 bridgehead atoms. The maximum Gasteiger partial charge on any atom is 0.324 e. The molecule has 33 heavy (non-hydrogen) atoms. The van der Waals surface area contributed by atoms with Crippen molar-refractivity contribution < 1.29 is 14.0 Å². The highest BCUT2D eigenvalue weighted by atomic mass is 19.1. The van der Waals surface area contributed by atoms with Crippen LogP contribution in [0.4, 0.5) is 14.9 Å². The van der Waals surface area contributed by atoms with Gasteiger partial charge in [-0.1, -0.05) is 12.1 Å². The van der Waals surface area contributed by atoms with E-state index < -0.39 is 0 Å². The Morgan fingerprint density at radius 2 is 1.52 bits per heavy atom. The van der Waals surface area contributed by atoms with Gasteiger partial charge in [0.1, 0.15) is 5.82 Å². The molecule has 0 unspecified atom stereocenters. The number of urea groups is 1. The van der Waals surface area contributed by atoms with E-state index in [0.717, 1.165) is 17.4 Å². The molecule has 1 heterocycles. The molecule has 5 aliphatic rings. The van der Waals surface area contributed by atoms with E-state index in [4.69, 9.17) is 0 Å². The van der Waals surface area contributed by atoms with Crippen molar-refractivity contribution in [3.05, 3.63) is 65.5 Å². The highest BCUT2D eigenvalue weighted by Crippen LogP contribution is 2.53. The lowest BCUT2D eigenvalue weighted by Crippen LogP contribution is -2.55. The predicted molar refractivity (Wildman–Crippen MR) is 124 cm³/mol. The fourth-order valence-corrected chi connectivity index (χ4v) is 6.97. The van der Waals surface area contributed by atoms with E-state index >= 15 is 0 Å². The quantitative estimate of drug-likeness (QED) is 0.714. The third-order valence-electron chi connectivity index (χ3n) is 8.35. The van der Waals surface area contributed by atoms with Crippen molar-refractivity contribution in [3.8, 4) is 0 Å². The Balaban J connectivity index is 1.07. The number of carbonyl (C=O) groups is 2. The second-order valence-electron chi connectivity index (χ2n) is 10.5. The highest BCUT2D eigenvalue weighted by molar-refractivity contribution is 5.95. The smallest absolute Gasteiger partial charge is 0.324 e. The lowest BCUT2D eigenvalue weighted by Gasteiger charge is -2.54. The Hall–Kier alpha value is -2.89. The number of carbonyl (C=O) groups excluding carboxylic acids is 2. The van der Waals surface area contributed by atoms with Crippen LogP contribution in [0.15, 0.2) is 48.5 Å². The summed E-state index contributed by atoms with van der Waals surface area (Å²) in [6.45, 7) is 1.69. The Morgan fingerprint density at radius 3 is 2.15 bits per heavy atom. The summed E-state index contributed by atoms with van der Waals surface area (Å²) in [5, 5.41) is 3.37. The molecule has 0 spiro atoms. The van der Waals surface area contributed by atoms with Crippen molar-refractivity contribution in [2.24, 2.45) is 23.7 Å². The fourth-order valence-electron chi connectivity index (χ4n) is 6.97. The van der Waals surface area contributed by atoms with Crippen LogP contribution in [0.5, 0.6) is 0 Å². The van der Waals surface area contributed by atoms with Crippen LogP contribution in [0.2, 0.25) is 0 Å². The molecule has 4 aliphatic carbocycles. The average Bonchev–Trinajstić information content (AvgIpc) is 3.16. The summed E-state index contributed by atoms with van der Waals surface area (Å²) >= 11 is 0. The Labute approximate surface area is 193 Å². The SMILES string of the molecule is O=C(NC1C2CC3CC(C2)CC1C3)c1ccc(CN2CCN(c3ccc(F)cc3)C2=O)cc1. The number of hydrogen-bond donors (Lipinski definition) is 1. The van der Waals surface area contributed by atoms with Crippen molar-refractivity contribution in [1.29, 1.82) is 0 Å². The fraction of sp³-hybridized carbons (Fsp3) is 0.481. The number of nitrogens with one attached hydrogen (secondary N) is 1. The topological polar surface area (TPSA) is 52.7 Å². The van der Waals surface area contributed by atoms with Crippen LogP contribution >= 0.6 is 0 Å². The summed E-state index contributed by atoms with van der Waals surface area (Å²) in [7, 11) is 0. The molecule has 1 saturated heterocycles. The summed E-state index contributed by atoms with van der Waals surface area (Å²) < 4.78 is 13.2. The number of benzene rings is 2. The van der Waals surface area contributed by atoms with Gasteiger partial charge in [0, 0.05) is 36.9 Å². The van der Waals surface area contributed by atoms with E-state index in [1.165, 1.54) is 44.2 Å². The standard InChI is InChI=1S/C27H30FN3O2/c28-23-5-7-24(8-6-23)31-10-9-30(27(31)33)16-17-1-3-20(4-2-17)26(32)29-25-21-12-18-11-19(14-21)15-22(25)13-18/h1-8,18-19,21-22,25H,9-16H2,(H,29,32). The Kier molecular flexibility index (Phi) is 5.11. The largest absolute Gasteiger partial charge is 0.349 e. The number of halogens is 1. The summed E-state index contributed by atoms with van der Waals surface area (Å²) in [4.78, 5) is 29.2. The minimum Gasteiger partial charge on any atom is -0.349 e. The van der Waals surface area contributed by atoms with Gasteiger partial charge in [-0.25, -0.2) is 9.18 Å². The molecule has 172 valence electrons. The first-order valence-corrected chi connectivity index (χ1v) is 12.3. The zero-order valence-corrected chi connectivity index (χ0v) is 18.8. The molecule has 2 aromatic carbocycles. The maximum absolute atomic E-state index is 13.2. The molecule has 5 nitrogen and oxygen atoms in total. The molecule has 7 rings (SSSR count). The second-order valence-corrected chi connectivity index (χ2v) is 10.5. The minimum absolute atomic E-state index is 0.0266. The van der Waals surface area contributed by atoms with Crippen LogP contribution < -0.4 is 10.2 Å². The van der Waals surface area contributed by atoms with E-state index in [0.29, 0.717) is 48.8 Å². The number of rotatable bonds is 5. The normalized spacial score (nSPS) is 30.2. The highest BCUT2D eigenvalue weighted by Gasteiger charge is 2.48. The molecule has 0 aromatic heterocycles. The van der Waals surface area contributed by atoms with Gasteiger partial charge in [0.05, 0.1) is 0 Å². The summed E-state index contributed by atoms with van der Waals surface area (Å²) in [5.41, 5.74) is 2.39. The van der Waals surface area contributed by atoms with Crippen LogP contribution in [0.25, 0.3) is 0 Å². The monoisotopic (exact) mass is 447 g/mol. The van der Waals surface area contributed by atoms with Gasteiger partial charge in [0.2, 0.25) is 0 Å². The van der Waals surface area contributed by atoms with E-state index in [9.17, 15) is 14.0 Å². The second kappa shape index (κ2) is 8.15. The van der Waals surface area contributed by atoms with Gasteiger partial charge in [-0.15, -0.1) is 0 Å². The van der Waals surface area contributed by atoms with Gasteiger partial charge >= 0.3 is 6.03 Å². The van der Waals surface area contributed by atoms with E-state index in [-0.39, 0.29) is 17.8 Å². The molecule has 5 fully saturated rings. The third kappa shape index (κ3) is 3.90. The van der Waals surface area contributed by atoms with Crippen molar-refractivity contribution in [3.63, 3.8) is 0 Å². The van der Waals surface area contributed by atoms with E-state index in [2.05, 4.69) is 5.32 Å². The van der Waals surface area contributed by atoms with Crippen LogP contribution in [0, 0.1) is 29.5 Å². The lowest BCUT2D eigenvalue weighted by molar-refractivity contribution is -0.0119. The van der Waals surface area contributed by atoms with Gasteiger partial charge in [-0.3, -0.25) is 9.69 Å². The number of anilines is 1. The van der Waals surface area contributed by atoms with Crippen molar-refractivity contribution >= 4 is 17.6 Å². The molecule has 3 amide bonds. The summed E-state index contributed by atoms with van der Waals surface area (Å²) in [6, 6.07) is 13.9. The third-order valence-corrected chi connectivity index (χ3v) is 8.35. The molecule has 2 aromatic rings. The van der Waals surface area contributed by atoms with Crippen LogP contribution in [0.3, 0.4) is 0 Å². The van der Waals surface area contributed by atoms with Gasteiger partial charge < -0.3 is 10.2 Å². The Bertz CT molecular complexity index is 1020. The molecule has 1 aliphatic heterocycles. The first-order chi connectivity index (χ1) is 16.0. The Morgan fingerprint density at radius 1 is 0.879 bits per heavy atom. The zero-order valence-electron chi connectivity index (χ0n) is 18.8. The van der Waals surface area contributed by atoms with Crippen LogP contribution in [-0.4, -0.2) is 36.0 Å². The van der Waals surface area contributed by atoms with Gasteiger partial charge in [0.25, 0.3) is 5.91 Å². The number of nitrogens with zero attached hydrogens (tertiary/aromatic N) is 2. The van der Waals surface area contributed by atoms with Gasteiger partial charge in [-0.2, -0.15) is 0 Å². The van der Waals surface area contributed by atoms with Crippen LogP contribution in [0.1, 0.15) is 48.0 Å². The minimum atomic E-state index is -0.310. The first-order valence-electron chi connectivity index (χ1n) is 12.3.